The number of benzene rings is 1. The highest BCUT2D eigenvalue weighted by Crippen LogP contribution is 2.17. The van der Waals surface area contributed by atoms with E-state index < -0.39 is 0 Å². The summed E-state index contributed by atoms with van der Waals surface area (Å²) in [7, 11) is 0. The van der Waals surface area contributed by atoms with Gasteiger partial charge in [0.1, 0.15) is 0 Å². The van der Waals surface area contributed by atoms with Gasteiger partial charge >= 0.3 is 0 Å². The molecule has 1 atom stereocenters. The standard InChI is InChI=1S/C13H21NO/c1-3-11-5-7-12(8-6-11)13(4-2)14-9-10-15/h5-8,13-15H,3-4,9-10H2,1-2H3/t13-/m1/s1. The van der Waals surface area contributed by atoms with E-state index in [1.54, 1.807) is 0 Å². The first-order valence-electron chi connectivity index (χ1n) is 5.74. The molecule has 84 valence electrons. The van der Waals surface area contributed by atoms with E-state index in [1.807, 2.05) is 0 Å². The lowest BCUT2D eigenvalue weighted by atomic mass is 10.0. The quantitative estimate of drug-likeness (QED) is 0.750. The van der Waals surface area contributed by atoms with Gasteiger partial charge in [-0.15, -0.1) is 0 Å². The molecule has 0 aliphatic rings. The summed E-state index contributed by atoms with van der Waals surface area (Å²) in [6.45, 7) is 5.18. The van der Waals surface area contributed by atoms with Crippen LogP contribution in [0.25, 0.3) is 0 Å². The summed E-state index contributed by atoms with van der Waals surface area (Å²) < 4.78 is 0. The number of hydrogen-bond donors (Lipinski definition) is 2. The molecule has 0 radical (unpaired) electrons. The van der Waals surface area contributed by atoms with E-state index in [4.69, 9.17) is 5.11 Å². The molecule has 0 spiro atoms. The summed E-state index contributed by atoms with van der Waals surface area (Å²) in [5.41, 5.74) is 2.68. The first kappa shape index (κ1) is 12.2. The topological polar surface area (TPSA) is 32.3 Å². The van der Waals surface area contributed by atoms with Crippen LogP contribution >= 0.6 is 0 Å². The summed E-state index contributed by atoms with van der Waals surface area (Å²) >= 11 is 0. The van der Waals surface area contributed by atoms with E-state index in [0.29, 0.717) is 12.6 Å². The van der Waals surface area contributed by atoms with Crippen LogP contribution in [0.2, 0.25) is 0 Å². The van der Waals surface area contributed by atoms with Crippen molar-refractivity contribution in [2.24, 2.45) is 0 Å². The highest BCUT2D eigenvalue weighted by atomic mass is 16.3. The zero-order valence-electron chi connectivity index (χ0n) is 9.66. The molecule has 0 unspecified atom stereocenters. The van der Waals surface area contributed by atoms with Crippen molar-refractivity contribution in [1.29, 1.82) is 0 Å². The van der Waals surface area contributed by atoms with Crippen LogP contribution < -0.4 is 5.32 Å². The van der Waals surface area contributed by atoms with Crippen LogP contribution in [0, 0.1) is 0 Å². The maximum absolute atomic E-state index is 8.78. The van der Waals surface area contributed by atoms with E-state index in [0.717, 1.165) is 12.8 Å². The highest BCUT2D eigenvalue weighted by molar-refractivity contribution is 5.24. The highest BCUT2D eigenvalue weighted by Gasteiger charge is 2.07. The summed E-state index contributed by atoms with van der Waals surface area (Å²) in [6, 6.07) is 9.08. The fraction of sp³-hybridized carbons (Fsp3) is 0.538. The Morgan fingerprint density at radius 1 is 1.20 bits per heavy atom. The molecule has 0 saturated carbocycles. The third-order valence-electron chi connectivity index (χ3n) is 2.70. The summed E-state index contributed by atoms with van der Waals surface area (Å²) in [5.74, 6) is 0. The molecule has 1 aromatic carbocycles. The van der Waals surface area contributed by atoms with Crippen molar-refractivity contribution >= 4 is 0 Å². The van der Waals surface area contributed by atoms with Crippen LogP contribution in [0.1, 0.15) is 37.4 Å². The molecular weight excluding hydrogens is 186 g/mol. The lowest BCUT2D eigenvalue weighted by Gasteiger charge is -2.17. The number of aliphatic hydroxyl groups is 1. The van der Waals surface area contributed by atoms with Crippen molar-refractivity contribution in [3.8, 4) is 0 Å². The second-order valence-corrected chi connectivity index (χ2v) is 3.73. The van der Waals surface area contributed by atoms with Gasteiger partial charge in [-0.2, -0.15) is 0 Å². The Morgan fingerprint density at radius 2 is 1.87 bits per heavy atom. The normalized spacial score (nSPS) is 12.7. The second-order valence-electron chi connectivity index (χ2n) is 3.73. The minimum Gasteiger partial charge on any atom is -0.395 e. The molecule has 1 aromatic rings. The number of aryl methyl sites for hydroxylation is 1. The molecule has 0 fully saturated rings. The molecule has 0 aliphatic carbocycles. The Bertz CT molecular complexity index is 268. The zero-order chi connectivity index (χ0) is 11.1. The molecule has 0 aliphatic heterocycles. The Hall–Kier alpha value is -0.860. The molecule has 0 amide bonds. The van der Waals surface area contributed by atoms with Crippen LogP contribution in [0.15, 0.2) is 24.3 Å². The van der Waals surface area contributed by atoms with Gasteiger partial charge in [0.15, 0.2) is 0 Å². The van der Waals surface area contributed by atoms with Crippen molar-refractivity contribution < 1.29 is 5.11 Å². The van der Waals surface area contributed by atoms with E-state index in [9.17, 15) is 0 Å². The maximum Gasteiger partial charge on any atom is 0.0556 e. The third-order valence-corrected chi connectivity index (χ3v) is 2.70. The predicted octanol–water partition coefficient (Wildman–Crippen LogP) is 2.28. The summed E-state index contributed by atoms with van der Waals surface area (Å²) in [6.07, 6.45) is 2.13. The largest absolute Gasteiger partial charge is 0.395 e. The molecule has 0 aromatic heterocycles. The van der Waals surface area contributed by atoms with Gasteiger partial charge in [0.05, 0.1) is 6.61 Å². The number of nitrogens with one attached hydrogen (secondary N) is 1. The van der Waals surface area contributed by atoms with Crippen molar-refractivity contribution in [3.05, 3.63) is 35.4 Å². The van der Waals surface area contributed by atoms with Gasteiger partial charge in [0.25, 0.3) is 0 Å². The van der Waals surface area contributed by atoms with Gasteiger partial charge in [-0.3, -0.25) is 0 Å². The first-order valence-corrected chi connectivity index (χ1v) is 5.74. The van der Waals surface area contributed by atoms with E-state index in [-0.39, 0.29) is 6.61 Å². The second kappa shape index (κ2) is 6.59. The van der Waals surface area contributed by atoms with Gasteiger partial charge < -0.3 is 10.4 Å². The maximum atomic E-state index is 8.78. The number of rotatable bonds is 6. The SMILES string of the molecule is CCc1ccc([C@@H](CC)NCCO)cc1. The minimum absolute atomic E-state index is 0.198. The van der Waals surface area contributed by atoms with Crippen LogP contribution in [0.5, 0.6) is 0 Å². The number of hydrogen-bond acceptors (Lipinski definition) is 2. The molecule has 0 saturated heterocycles. The van der Waals surface area contributed by atoms with Crippen LogP contribution in [-0.4, -0.2) is 18.3 Å². The van der Waals surface area contributed by atoms with Crippen LogP contribution in [0.3, 0.4) is 0 Å². The van der Waals surface area contributed by atoms with Gasteiger partial charge in [0.2, 0.25) is 0 Å². The lowest BCUT2D eigenvalue weighted by molar-refractivity contribution is 0.283. The van der Waals surface area contributed by atoms with E-state index >= 15 is 0 Å². The third kappa shape index (κ3) is 3.65. The monoisotopic (exact) mass is 207 g/mol. The molecule has 2 heteroatoms. The first-order chi connectivity index (χ1) is 7.31. The van der Waals surface area contributed by atoms with Gasteiger partial charge in [-0.05, 0) is 24.0 Å². The molecule has 2 nitrogen and oxygen atoms in total. The minimum atomic E-state index is 0.198. The van der Waals surface area contributed by atoms with Gasteiger partial charge in [-0.25, -0.2) is 0 Å². The van der Waals surface area contributed by atoms with Crippen molar-refractivity contribution in [1.82, 2.24) is 5.32 Å². The molecule has 1 rings (SSSR count). The Morgan fingerprint density at radius 3 is 2.33 bits per heavy atom. The lowest BCUT2D eigenvalue weighted by Crippen LogP contribution is -2.23. The fourth-order valence-electron chi connectivity index (χ4n) is 1.72. The summed E-state index contributed by atoms with van der Waals surface area (Å²) in [4.78, 5) is 0. The Balaban J connectivity index is 2.65. The smallest absolute Gasteiger partial charge is 0.0556 e. The molecule has 2 N–H and O–H groups in total. The van der Waals surface area contributed by atoms with E-state index in [1.165, 1.54) is 11.1 Å². The van der Waals surface area contributed by atoms with Gasteiger partial charge in [-0.1, -0.05) is 38.1 Å². The number of aliphatic hydroxyl groups excluding tert-OH is 1. The van der Waals surface area contributed by atoms with Crippen molar-refractivity contribution in [2.75, 3.05) is 13.2 Å². The zero-order valence-corrected chi connectivity index (χ0v) is 9.66. The average molecular weight is 207 g/mol. The Labute approximate surface area is 92.3 Å². The van der Waals surface area contributed by atoms with E-state index in [2.05, 4.69) is 43.4 Å². The van der Waals surface area contributed by atoms with Crippen LogP contribution in [0.4, 0.5) is 0 Å². The summed E-state index contributed by atoms with van der Waals surface area (Å²) in [5, 5.41) is 12.1. The van der Waals surface area contributed by atoms with Crippen LogP contribution in [-0.2, 0) is 6.42 Å². The van der Waals surface area contributed by atoms with Gasteiger partial charge in [0, 0.05) is 12.6 Å². The molecule has 15 heavy (non-hydrogen) atoms. The average Bonchev–Trinajstić information content (AvgIpc) is 2.31. The molecular formula is C13H21NO. The molecule has 0 heterocycles. The molecule has 0 bridgehead atoms. The van der Waals surface area contributed by atoms with Crippen molar-refractivity contribution in [2.45, 2.75) is 32.7 Å². The fourth-order valence-corrected chi connectivity index (χ4v) is 1.72. The Kier molecular flexibility index (Phi) is 5.37. The van der Waals surface area contributed by atoms with Crippen molar-refractivity contribution in [3.63, 3.8) is 0 Å². The predicted molar refractivity (Wildman–Crippen MR) is 63.9 cm³/mol.